The lowest BCUT2D eigenvalue weighted by atomic mass is 10.1. The molecule has 39 heavy (non-hydrogen) atoms. The number of halogens is 6. The highest BCUT2D eigenvalue weighted by Crippen LogP contribution is 2.34. The van der Waals surface area contributed by atoms with Crippen LogP contribution in [0.5, 0.6) is 23.0 Å². The monoisotopic (exact) mass is 538 g/mol. The van der Waals surface area contributed by atoms with Gasteiger partial charge in [0.25, 0.3) is 0 Å². The molecule has 0 aliphatic heterocycles. The standard InChI is InChI=1S/C27H12F6N4O2/c1-15-5-19(27(31,32)33)8-21(6-15)39-25-10-22(16(11-34)12-35)24(9-23(25)17(13-36)14-37)38-20-4-2-3-18(7-20)26(28,29)30/h2-10H,1H3. The van der Waals surface area contributed by atoms with Gasteiger partial charge in [0.2, 0.25) is 0 Å². The van der Waals surface area contributed by atoms with Gasteiger partial charge in [0, 0.05) is 10.4 Å². The van der Waals surface area contributed by atoms with Crippen LogP contribution >= 0.6 is 0 Å². The number of rotatable bonds is 4. The van der Waals surface area contributed by atoms with Gasteiger partial charge in [-0.25, -0.2) is 0 Å². The Morgan fingerprint density at radius 1 is 0.615 bits per heavy atom. The van der Waals surface area contributed by atoms with Crippen molar-refractivity contribution in [2.75, 3.05) is 0 Å². The zero-order chi connectivity index (χ0) is 29.0. The van der Waals surface area contributed by atoms with Gasteiger partial charge in [-0.15, -0.1) is 0 Å². The SMILES string of the molecule is Cc1cc(Oc2cc(=C(C#N)C#N)c(Oc3cccc(C(F)(F)F)c3)cc2=C(C#N)C#N)cc(C(F)(F)F)c1. The molecule has 0 bridgehead atoms. The summed E-state index contributed by atoms with van der Waals surface area (Å²) < 4.78 is 90.6. The number of ether oxygens (including phenoxy) is 2. The normalized spacial score (nSPS) is 10.8. The summed E-state index contributed by atoms with van der Waals surface area (Å²) in [5.74, 6) is -1.48. The molecule has 0 aliphatic carbocycles. The highest BCUT2D eigenvalue weighted by molar-refractivity contribution is 5.77. The summed E-state index contributed by atoms with van der Waals surface area (Å²) in [4.78, 5) is 0. The second-order valence-electron chi connectivity index (χ2n) is 7.80. The van der Waals surface area contributed by atoms with Crippen molar-refractivity contribution in [1.29, 1.82) is 21.0 Å². The van der Waals surface area contributed by atoms with E-state index in [1.165, 1.54) is 13.0 Å². The molecule has 0 atom stereocenters. The third kappa shape index (κ3) is 6.46. The smallest absolute Gasteiger partial charge is 0.416 e. The van der Waals surface area contributed by atoms with Crippen molar-refractivity contribution in [3.8, 4) is 47.3 Å². The Balaban J connectivity index is 2.33. The predicted molar refractivity (Wildman–Crippen MR) is 123 cm³/mol. The molecule has 0 amide bonds. The van der Waals surface area contributed by atoms with Crippen molar-refractivity contribution in [2.45, 2.75) is 19.3 Å². The molecule has 6 nitrogen and oxygen atoms in total. The third-order valence-corrected chi connectivity index (χ3v) is 5.06. The van der Waals surface area contributed by atoms with Crippen LogP contribution in [0.2, 0.25) is 0 Å². The largest absolute Gasteiger partial charge is 0.457 e. The first kappa shape index (κ1) is 28.1. The maximum Gasteiger partial charge on any atom is 0.416 e. The van der Waals surface area contributed by atoms with E-state index in [0.717, 1.165) is 36.4 Å². The van der Waals surface area contributed by atoms with Crippen molar-refractivity contribution in [1.82, 2.24) is 0 Å². The molecule has 194 valence electrons. The van der Waals surface area contributed by atoms with Crippen LogP contribution in [0.25, 0.3) is 11.1 Å². The molecule has 0 aromatic heterocycles. The summed E-state index contributed by atoms with van der Waals surface area (Å²) in [6.07, 6.45) is -9.44. The van der Waals surface area contributed by atoms with E-state index in [1.54, 1.807) is 24.3 Å². The molecule has 0 saturated heterocycles. The molecule has 0 heterocycles. The number of alkyl halides is 6. The maximum atomic E-state index is 13.3. The summed E-state index contributed by atoms with van der Waals surface area (Å²) in [6.45, 7) is 1.37. The lowest BCUT2D eigenvalue weighted by molar-refractivity contribution is -0.138. The van der Waals surface area contributed by atoms with E-state index in [-0.39, 0.29) is 33.2 Å². The number of aryl methyl sites for hydroxylation is 1. The van der Waals surface area contributed by atoms with Gasteiger partial charge in [0.05, 0.1) is 11.1 Å². The number of benzene rings is 3. The van der Waals surface area contributed by atoms with Gasteiger partial charge < -0.3 is 9.47 Å². The molecule has 0 spiro atoms. The molecular formula is C27H12F6N4O2. The lowest BCUT2D eigenvalue weighted by Crippen LogP contribution is -2.18. The fourth-order valence-electron chi connectivity index (χ4n) is 3.37. The second-order valence-corrected chi connectivity index (χ2v) is 7.80. The van der Waals surface area contributed by atoms with E-state index in [4.69, 9.17) is 9.47 Å². The Hall–Kier alpha value is -5.46. The maximum absolute atomic E-state index is 13.3. The van der Waals surface area contributed by atoms with Crippen LogP contribution in [0.4, 0.5) is 26.3 Å². The summed E-state index contributed by atoms with van der Waals surface area (Å²) in [5.41, 5.74) is -3.13. The van der Waals surface area contributed by atoms with Crippen LogP contribution in [0, 0.1) is 52.2 Å². The average molecular weight is 538 g/mol. The van der Waals surface area contributed by atoms with E-state index >= 15 is 0 Å². The first-order chi connectivity index (χ1) is 18.3. The number of hydrogen-bond donors (Lipinski definition) is 0. The van der Waals surface area contributed by atoms with Crippen molar-refractivity contribution in [3.05, 3.63) is 81.7 Å². The zero-order valence-electron chi connectivity index (χ0n) is 19.6. The van der Waals surface area contributed by atoms with Gasteiger partial charge in [0.15, 0.2) is 0 Å². The van der Waals surface area contributed by atoms with Gasteiger partial charge in [-0.1, -0.05) is 6.07 Å². The van der Waals surface area contributed by atoms with Crippen molar-refractivity contribution >= 4 is 11.1 Å². The van der Waals surface area contributed by atoms with Crippen LogP contribution in [0.15, 0.2) is 54.6 Å². The Morgan fingerprint density at radius 3 is 1.54 bits per heavy atom. The van der Waals surface area contributed by atoms with Gasteiger partial charge in [0.1, 0.15) is 58.4 Å². The van der Waals surface area contributed by atoms with E-state index in [2.05, 4.69) is 0 Å². The molecule has 0 saturated carbocycles. The molecule has 0 N–H and O–H groups in total. The van der Waals surface area contributed by atoms with Crippen LogP contribution < -0.4 is 19.9 Å². The summed E-state index contributed by atoms with van der Waals surface area (Å²) in [6, 6.07) is 14.7. The number of hydrogen-bond acceptors (Lipinski definition) is 6. The van der Waals surface area contributed by atoms with Gasteiger partial charge in [-0.05, 0) is 61.0 Å². The van der Waals surface area contributed by atoms with Crippen LogP contribution in [0.1, 0.15) is 16.7 Å². The number of nitrogens with zero attached hydrogens (tertiary/aromatic N) is 4. The Kier molecular flexibility index (Phi) is 7.85. The van der Waals surface area contributed by atoms with Gasteiger partial charge in [-0.2, -0.15) is 47.4 Å². The molecule has 12 heteroatoms. The minimum Gasteiger partial charge on any atom is -0.457 e. The average Bonchev–Trinajstić information content (AvgIpc) is 2.86. The number of nitriles is 4. The lowest BCUT2D eigenvalue weighted by Gasteiger charge is -2.14. The second kappa shape index (κ2) is 10.9. The summed E-state index contributed by atoms with van der Waals surface area (Å²) >= 11 is 0. The molecule has 3 rings (SSSR count). The molecule has 3 aromatic carbocycles. The van der Waals surface area contributed by atoms with E-state index in [0.29, 0.717) is 12.1 Å². The van der Waals surface area contributed by atoms with E-state index in [1.807, 2.05) is 0 Å². The molecule has 0 radical (unpaired) electrons. The highest BCUT2D eigenvalue weighted by Gasteiger charge is 2.32. The van der Waals surface area contributed by atoms with E-state index < -0.39 is 40.4 Å². The van der Waals surface area contributed by atoms with Crippen molar-refractivity contribution in [3.63, 3.8) is 0 Å². The zero-order valence-corrected chi connectivity index (χ0v) is 19.6. The fourth-order valence-corrected chi connectivity index (χ4v) is 3.37. The first-order valence-electron chi connectivity index (χ1n) is 10.6. The minimum atomic E-state index is -4.72. The molecule has 0 aliphatic rings. The summed E-state index contributed by atoms with van der Waals surface area (Å²) in [5, 5.41) is 37.2. The van der Waals surface area contributed by atoms with Crippen LogP contribution in [0.3, 0.4) is 0 Å². The van der Waals surface area contributed by atoms with Gasteiger partial charge in [-0.3, -0.25) is 0 Å². The van der Waals surface area contributed by atoms with Gasteiger partial charge >= 0.3 is 12.4 Å². The quantitative estimate of drug-likeness (QED) is 0.376. The Labute approximate surface area is 216 Å². The van der Waals surface area contributed by atoms with Crippen LogP contribution in [-0.2, 0) is 12.4 Å². The molecule has 3 aromatic rings. The van der Waals surface area contributed by atoms with Crippen molar-refractivity contribution < 1.29 is 35.8 Å². The van der Waals surface area contributed by atoms with Crippen molar-refractivity contribution in [2.24, 2.45) is 0 Å². The fraction of sp³-hybridized carbons (Fsp3) is 0.111. The molecule has 0 unspecified atom stereocenters. The predicted octanol–water partition coefficient (Wildman–Crippen LogP) is 6.01. The first-order valence-corrected chi connectivity index (χ1v) is 10.6. The van der Waals surface area contributed by atoms with E-state index in [9.17, 15) is 47.4 Å². The highest BCUT2D eigenvalue weighted by atomic mass is 19.4. The minimum absolute atomic E-state index is 0.164. The summed E-state index contributed by atoms with van der Waals surface area (Å²) in [7, 11) is 0. The molecular weight excluding hydrogens is 526 g/mol. The third-order valence-electron chi connectivity index (χ3n) is 5.06. The Morgan fingerprint density at radius 2 is 1.08 bits per heavy atom. The van der Waals surface area contributed by atoms with Crippen LogP contribution in [-0.4, -0.2) is 0 Å². The molecule has 0 fully saturated rings. The Bertz CT molecular complexity index is 1720. The topological polar surface area (TPSA) is 114 Å².